The molecule has 4 rings (SSSR count). The first-order chi connectivity index (χ1) is 15.1. The van der Waals surface area contributed by atoms with Crippen molar-refractivity contribution in [2.75, 3.05) is 19.8 Å². The molecule has 1 saturated heterocycles. The predicted molar refractivity (Wildman–Crippen MR) is 117 cm³/mol. The Kier molecular flexibility index (Phi) is 6.50. The van der Waals surface area contributed by atoms with E-state index in [0.717, 1.165) is 22.3 Å². The zero-order valence-corrected chi connectivity index (χ0v) is 17.3. The molecule has 0 radical (unpaired) electrons. The second-order valence-corrected chi connectivity index (χ2v) is 7.75. The van der Waals surface area contributed by atoms with Crippen molar-refractivity contribution in [3.8, 4) is 23.0 Å². The molecule has 0 aliphatic carbocycles. The van der Waals surface area contributed by atoms with Crippen LogP contribution in [0.3, 0.4) is 0 Å². The summed E-state index contributed by atoms with van der Waals surface area (Å²) in [6, 6.07) is 15.6. The number of aliphatic hydroxyl groups excluding tert-OH is 3. The molecule has 31 heavy (non-hydrogen) atoms. The number of benzene rings is 2. The summed E-state index contributed by atoms with van der Waals surface area (Å²) in [5.41, 5.74) is 4.08. The van der Waals surface area contributed by atoms with Gasteiger partial charge in [0.25, 0.3) is 0 Å². The van der Waals surface area contributed by atoms with Crippen LogP contribution in [0.1, 0.15) is 41.9 Å². The smallest absolute Gasteiger partial charge is 0.138 e. The van der Waals surface area contributed by atoms with E-state index in [1.807, 2.05) is 36.4 Å². The number of hydrogen-bond donors (Lipinski definition) is 3. The minimum atomic E-state index is -0.735. The summed E-state index contributed by atoms with van der Waals surface area (Å²) in [6.45, 7) is 2.41. The highest BCUT2D eigenvalue weighted by atomic mass is 16.5. The van der Waals surface area contributed by atoms with E-state index in [0.29, 0.717) is 19.0 Å². The lowest BCUT2D eigenvalue weighted by molar-refractivity contribution is 0.124. The van der Waals surface area contributed by atoms with Gasteiger partial charge < -0.3 is 24.6 Å². The van der Waals surface area contributed by atoms with Crippen LogP contribution in [0.25, 0.3) is 11.1 Å². The normalized spacial score (nSPS) is 20.1. The molecule has 0 saturated carbocycles. The molecule has 2 aromatic carbocycles. The molecule has 6 nitrogen and oxygen atoms in total. The number of ether oxygens (including phenoxy) is 1. The van der Waals surface area contributed by atoms with Crippen LogP contribution in [-0.4, -0.2) is 50.8 Å². The van der Waals surface area contributed by atoms with E-state index in [9.17, 15) is 15.3 Å². The first-order valence-electron chi connectivity index (χ1n) is 10.4. The number of rotatable bonds is 5. The maximum Gasteiger partial charge on any atom is 0.138 e. The van der Waals surface area contributed by atoms with Gasteiger partial charge in [-0.1, -0.05) is 48.2 Å². The largest absolute Gasteiger partial charge is 0.393 e. The minimum absolute atomic E-state index is 0.0380. The standard InChI is InChI=1S/C25H26N2O4/c1-17(29)25-26-12-13-27(25)22(14-28)11-4-18-2-5-19(6-3-18)20-7-9-21(10-8-20)23-15-31-16-24(23)30/h2-3,5-10,12-13,17,22-24,28-30H,14-16H2,1H3/t17-,22?,23-,24+/m0/s1. The maximum atomic E-state index is 10.00. The lowest BCUT2D eigenvalue weighted by Crippen LogP contribution is -2.15. The third kappa shape index (κ3) is 4.71. The van der Waals surface area contributed by atoms with Crippen molar-refractivity contribution in [2.24, 2.45) is 0 Å². The Balaban J connectivity index is 1.48. The zero-order valence-electron chi connectivity index (χ0n) is 17.3. The van der Waals surface area contributed by atoms with E-state index < -0.39 is 18.2 Å². The van der Waals surface area contributed by atoms with Crippen LogP contribution in [0.5, 0.6) is 0 Å². The van der Waals surface area contributed by atoms with E-state index in [1.54, 1.807) is 23.9 Å². The van der Waals surface area contributed by atoms with Crippen LogP contribution in [0.2, 0.25) is 0 Å². The van der Waals surface area contributed by atoms with Gasteiger partial charge in [-0.05, 0) is 35.7 Å². The molecule has 0 spiro atoms. The average molecular weight is 418 g/mol. The summed E-state index contributed by atoms with van der Waals surface area (Å²) in [5, 5.41) is 29.6. The van der Waals surface area contributed by atoms with Crippen molar-refractivity contribution in [1.29, 1.82) is 0 Å². The van der Waals surface area contributed by atoms with Gasteiger partial charge in [-0.25, -0.2) is 4.98 Å². The van der Waals surface area contributed by atoms with Gasteiger partial charge >= 0.3 is 0 Å². The van der Waals surface area contributed by atoms with Gasteiger partial charge in [0.15, 0.2) is 0 Å². The molecule has 3 N–H and O–H groups in total. The summed E-state index contributed by atoms with van der Waals surface area (Å²) in [4.78, 5) is 4.13. The Labute approximate surface area is 181 Å². The van der Waals surface area contributed by atoms with Gasteiger partial charge in [0.05, 0.1) is 25.9 Å². The monoisotopic (exact) mass is 418 g/mol. The number of hydrogen-bond acceptors (Lipinski definition) is 5. The zero-order chi connectivity index (χ0) is 21.8. The fraction of sp³-hybridized carbons (Fsp3) is 0.320. The molecular formula is C25H26N2O4. The van der Waals surface area contributed by atoms with E-state index in [-0.39, 0.29) is 12.5 Å². The second-order valence-electron chi connectivity index (χ2n) is 7.75. The van der Waals surface area contributed by atoms with Gasteiger partial charge in [0.2, 0.25) is 0 Å². The Bertz CT molecular complexity index is 1060. The molecule has 1 fully saturated rings. The van der Waals surface area contributed by atoms with Crippen LogP contribution < -0.4 is 0 Å². The number of aliphatic hydroxyl groups is 3. The van der Waals surface area contributed by atoms with E-state index >= 15 is 0 Å². The van der Waals surface area contributed by atoms with E-state index in [4.69, 9.17) is 4.74 Å². The highest BCUT2D eigenvalue weighted by Gasteiger charge is 2.27. The van der Waals surface area contributed by atoms with Crippen molar-refractivity contribution in [3.63, 3.8) is 0 Å². The fourth-order valence-electron chi connectivity index (χ4n) is 3.81. The van der Waals surface area contributed by atoms with Gasteiger partial charge in [-0.3, -0.25) is 0 Å². The van der Waals surface area contributed by atoms with E-state index in [1.165, 1.54) is 0 Å². The predicted octanol–water partition coefficient (Wildman–Crippen LogP) is 2.66. The fourth-order valence-corrected chi connectivity index (χ4v) is 3.81. The number of imidazole rings is 1. The Hall–Kier alpha value is -2.95. The molecule has 1 aliphatic rings. The molecule has 0 amide bonds. The molecule has 160 valence electrons. The van der Waals surface area contributed by atoms with Crippen LogP contribution in [0, 0.1) is 11.8 Å². The lowest BCUT2D eigenvalue weighted by atomic mass is 9.94. The SMILES string of the molecule is C[C@H](O)c1nccn1C(C#Cc1ccc(-c2ccc([C@@H]3COC[C@H]3O)cc2)cc1)CO. The van der Waals surface area contributed by atoms with Crippen molar-refractivity contribution in [2.45, 2.75) is 31.1 Å². The molecule has 2 heterocycles. The quantitative estimate of drug-likeness (QED) is 0.555. The first kappa shape index (κ1) is 21.3. The first-order valence-corrected chi connectivity index (χ1v) is 10.4. The van der Waals surface area contributed by atoms with Gasteiger partial charge in [0.1, 0.15) is 18.0 Å². The van der Waals surface area contributed by atoms with Gasteiger partial charge in [-0.2, -0.15) is 0 Å². The Morgan fingerprint density at radius 1 is 1.10 bits per heavy atom. The van der Waals surface area contributed by atoms with Gasteiger partial charge in [0, 0.05) is 23.9 Å². The van der Waals surface area contributed by atoms with Crippen molar-refractivity contribution < 1.29 is 20.1 Å². The summed E-state index contributed by atoms with van der Waals surface area (Å²) in [7, 11) is 0. The van der Waals surface area contributed by atoms with Crippen LogP contribution >= 0.6 is 0 Å². The Morgan fingerprint density at radius 3 is 2.35 bits per heavy atom. The Morgan fingerprint density at radius 2 is 1.77 bits per heavy atom. The molecule has 0 bridgehead atoms. The third-order valence-corrected chi connectivity index (χ3v) is 5.57. The summed E-state index contributed by atoms with van der Waals surface area (Å²) < 4.78 is 7.04. The van der Waals surface area contributed by atoms with Crippen LogP contribution in [0.4, 0.5) is 0 Å². The summed E-state index contributed by atoms with van der Waals surface area (Å²) in [6.07, 6.45) is 2.12. The van der Waals surface area contributed by atoms with Crippen LogP contribution in [-0.2, 0) is 4.74 Å². The topological polar surface area (TPSA) is 87.7 Å². The van der Waals surface area contributed by atoms with Crippen LogP contribution in [0.15, 0.2) is 60.9 Å². The summed E-state index contributed by atoms with van der Waals surface area (Å²) >= 11 is 0. The summed E-state index contributed by atoms with van der Waals surface area (Å²) in [5.74, 6) is 6.67. The molecule has 1 aliphatic heterocycles. The second kappa shape index (κ2) is 9.46. The number of aromatic nitrogens is 2. The van der Waals surface area contributed by atoms with Gasteiger partial charge in [-0.15, -0.1) is 0 Å². The van der Waals surface area contributed by atoms with E-state index in [2.05, 4.69) is 29.0 Å². The third-order valence-electron chi connectivity index (χ3n) is 5.57. The molecule has 3 aromatic rings. The highest BCUT2D eigenvalue weighted by molar-refractivity contribution is 5.64. The average Bonchev–Trinajstić information content (AvgIpc) is 3.44. The molecule has 1 unspecified atom stereocenters. The number of nitrogens with zero attached hydrogens (tertiary/aromatic N) is 2. The molecule has 1 aromatic heterocycles. The van der Waals surface area contributed by atoms with Crippen molar-refractivity contribution >= 4 is 0 Å². The molecule has 6 heteroatoms. The highest BCUT2D eigenvalue weighted by Crippen LogP contribution is 2.28. The lowest BCUT2D eigenvalue weighted by Gasteiger charge is -2.14. The maximum absolute atomic E-state index is 10.00. The molecule has 4 atom stereocenters. The minimum Gasteiger partial charge on any atom is -0.393 e. The molecular weight excluding hydrogens is 392 g/mol. The van der Waals surface area contributed by atoms with Crippen molar-refractivity contribution in [3.05, 3.63) is 77.9 Å². The van der Waals surface area contributed by atoms with Crippen molar-refractivity contribution in [1.82, 2.24) is 9.55 Å².